The fourth-order valence-electron chi connectivity index (χ4n) is 2.37. The molecule has 6 heteroatoms. The average Bonchev–Trinajstić information content (AvgIpc) is 2.39. The molecule has 3 unspecified atom stereocenters. The zero-order valence-electron chi connectivity index (χ0n) is 10.4. The van der Waals surface area contributed by atoms with Crippen LogP contribution in [0.4, 0.5) is 0 Å². The molecule has 4 N–H and O–H groups in total. The summed E-state index contributed by atoms with van der Waals surface area (Å²) in [7, 11) is 0. The first kappa shape index (κ1) is 13.6. The Labute approximate surface area is 109 Å². The number of phenols is 2. The third-order valence-electron chi connectivity index (χ3n) is 3.48. The molecule has 104 valence electrons. The van der Waals surface area contributed by atoms with Crippen LogP contribution in [0.15, 0.2) is 12.1 Å². The minimum atomic E-state index is -1.38. The third-order valence-corrected chi connectivity index (χ3v) is 3.48. The second-order valence-electron chi connectivity index (χ2n) is 4.75. The molecule has 6 nitrogen and oxygen atoms in total. The van der Waals surface area contributed by atoms with E-state index in [2.05, 4.69) is 0 Å². The fraction of sp³-hybridized carbons (Fsp3) is 0.462. The van der Waals surface area contributed by atoms with Crippen LogP contribution in [0, 0.1) is 5.92 Å². The van der Waals surface area contributed by atoms with Gasteiger partial charge in [0.15, 0.2) is 17.6 Å². The lowest BCUT2D eigenvalue weighted by atomic mass is 9.80. The first-order chi connectivity index (χ1) is 8.97. The highest BCUT2D eigenvalue weighted by molar-refractivity contribution is 5.77. The molecule has 2 rings (SSSR count). The van der Waals surface area contributed by atoms with Crippen LogP contribution < -0.4 is 0 Å². The van der Waals surface area contributed by atoms with Crippen LogP contribution in [0.1, 0.15) is 24.0 Å². The summed E-state index contributed by atoms with van der Waals surface area (Å²) in [6.45, 7) is 1.50. The van der Waals surface area contributed by atoms with Gasteiger partial charge in [-0.05, 0) is 0 Å². The maximum Gasteiger partial charge on any atom is 0.335 e. The summed E-state index contributed by atoms with van der Waals surface area (Å²) < 4.78 is 4.80. The smallest absolute Gasteiger partial charge is 0.335 e. The van der Waals surface area contributed by atoms with Gasteiger partial charge in [0.25, 0.3) is 0 Å². The Balaban J connectivity index is 2.45. The third kappa shape index (κ3) is 2.24. The number of hydrogen-bond acceptors (Lipinski definition) is 6. The average molecular weight is 268 g/mol. The molecular weight excluding hydrogens is 252 g/mol. The van der Waals surface area contributed by atoms with Gasteiger partial charge in [-0.25, -0.2) is 4.79 Å². The largest absolute Gasteiger partial charge is 0.504 e. The number of hydrogen-bond donors (Lipinski definition) is 4. The van der Waals surface area contributed by atoms with E-state index in [-0.39, 0.29) is 23.7 Å². The highest BCUT2D eigenvalue weighted by Crippen LogP contribution is 2.42. The molecule has 0 radical (unpaired) electrons. The maximum atomic E-state index is 11.4. The van der Waals surface area contributed by atoms with E-state index in [0.717, 1.165) is 0 Å². The van der Waals surface area contributed by atoms with Crippen molar-refractivity contribution in [2.24, 2.45) is 5.92 Å². The number of aliphatic hydroxyl groups is 2. The molecule has 0 aliphatic carbocycles. The molecule has 1 aliphatic heterocycles. The molecule has 0 aromatic heterocycles. The summed E-state index contributed by atoms with van der Waals surface area (Å²) in [5.74, 6) is -2.44. The van der Waals surface area contributed by atoms with Gasteiger partial charge in [0.05, 0.1) is 13.2 Å². The summed E-state index contributed by atoms with van der Waals surface area (Å²) in [6.07, 6.45) is -1.38. The molecule has 19 heavy (non-hydrogen) atoms. The molecular formula is C13H16O6. The van der Waals surface area contributed by atoms with Crippen molar-refractivity contribution in [3.8, 4) is 11.5 Å². The van der Waals surface area contributed by atoms with E-state index < -0.39 is 36.1 Å². The molecule has 1 aliphatic rings. The van der Waals surface area contributed by atoms with E-state index in [4.69, 9.17) is 9.84 Å². The van der Waals surface area contributed by atoms with Crippen molar-refractivity contribution in [1.82, 2.24) is 0 Å². The SMILES string of the molecule is CC1COC(=O)C(O)C1c1ccc(CO)c(O)c1O. The minimum absolute atomic E-state index is 0.141. The number of phenolic OH excluding ortho intramolecular Hbond substituents is 1. The molecule has 1 fully saturated rings. The highest BCUT2D eigenvalue weighted by Gasteiger charge is 2.39. The number of carbonyl (C=O) groups is 1. The van der Waals surface area contributed by atoms with Crippen molar-refractivity contribution in [1.29, 1.82) is 0 Å². The molecule has 0 amide bonds. The monoisotopic (exact) mass is 268 g/mol. The van der Waals surface area contributed by atoms with Gasteiger partial charge in [0.2, 0.25) is 0 Å². The van der Waals surface area contributed by atoms with E-state index in [1.165, 1.54) is 12.1 Å². The van der Waals surface area contributed by atoms with E-state index in [9.17, 15) is 20.1 Å². The van der Waals surface area contributed by atoms with Gasteiger partial charge >= 0.3 is 5.97 Å². The molecule has 1 heterocycles. The Morgan fingerprint density at radius 3 is 2.63 bits per heavy atom. The van der Waals surface area contributed by atoms with E-state index in [1.54, 1.807) is 6.92 Å². The number of aliphatic hydroxyl groups excluding tert-OH is 2. The van der Waals surface area contributed by atoms with Crippen LogP contribution in [0.25, 0.3) is 0 Å². The predicted molar refractivity (Wildman–Crippen MR) is 64.6 cm³/mol. The molecule has 0 spiro atoms. The standard InChI is InChI=1S/C13H16O6/c1-6-5-19-13(18)12(17)9(6)8-3-2-7(4-14)10(15)11(8)16/h2-3,6,9,12,14-17H,4-5H2,1H3. The van der Waals surface area contributed by atoms with Crippen molar-refractivity contribution < 1.29 is 30.0 Å². The van der Waals surface area contributed by atoms with Crippen LogP contribution in [0.2, 0.25) is 0 Å². The van der Waals surface area contributed by atoms with Crippen LogP contribution in [0.3, 0.4) is 0 Å². The lowest BCUT2D eigenvalue weighted by Gasteiger charge is -2.33. The van der Waals surface area contributed by atoms with Gasteiger partial charge in [-0.15, -0.1) is 0 Å². The minimum Gasteiger partial charge on any atom is -0.504 e. The number of carbonyl (C=O) groups excluding carboxylic acids is 1. The quantitative estimate of drug-likeness (QED) is 0.452. The number of aromatic hydroxyl groups is 2. The van der Waals surface area contributed by atoms with E-state index in [0.29, 0.717) is 0 Å². The molecule has 1 aromatic carbocycles. The maximum absolute atomic E-state index is 11.4. The molecule has 0 bridgehead atoms. The molecule has 1 aromatic rings. The second-order valence-corrected chi connectivity index (χ2v) is 4.75. The lowest BCUT2D eigenvalue weighted by Crippen LogP contribution is -2.40. The molecule has 1 saturated heterocycles. The summed E-state index contributed by atoms with van der Waals surface area (Å²) in [4.78, 5) is 11.4. The molecule has 3 atom stereocenters. The van der Waals surface area contributed by atoms with Gasteiger partial charge < -0.3 is 25.2 Å². The Hall–Kier alpha value is -1.79. The van der Waals surface area contributed by atoms with Crippen LogP contribution in [0.5, 0.6) is 11.5 Å². The Kier molecular flexibility index (Phi) is 3.64. The second kappa shape index (κ2) is 5.07. The van der Waals surface area contributed by atoms with Gasteiger partial charge in [0, 0.05) is 23.0 Å². The summed E-state index contributed by atoms with van der Waals surface area (Å²) >= 11 is 0. The number of ether oxygens (including phenoxy) is 1. The van der Waals surface area contributed by atoms with Gasteiger partial charge in [-0.3, -0.25) is 0 Å². The summed E-state index contributed by atoms with van der Waals surface area (Å²) in [6, 6.07) is 2.94. The zero-order valence-corrected chi connectivity index (χ0v) is 10.4. The Morgan fingerprint density at radius 1 is 1.32 bits per heavy atom. The lowest BCUT2D eigenvalue weighted by molar-refractivity contribution is -0.164. The number of rotatable bonds is 2. The van der Waals surface area contributed by atoms with Gasteiger partial charge in [-0.1, -0.05) is 19.1 Å². The first-order valence-corrected chi connectivity index (χ1v) is 5.96. The number of esters is 1. The van der Waals surface area contributed by atoms with Crippen LogP contribution in [-0.2, 0) is 16.1 Å². The summed E-state index contributed by atoms with van der Waals surface area (Å²) in [5.41, 5.74) is 0.452. The number of cyclic esters (lactones) is 1. The highest BCUT2D eigenvalue weighted by atomic mass is 16.5. The topological polar surface area (TPSA) is 107 Å². The fourth-order valence-corrected chi connectivity index (χ4v) is 2.37. The molecule has 0 saturated carbocycles. The van der Waals surface area contributed by atoms with Crippen molar-refractivity contribution in [3.63, 3.8) is 0 Å². The van der Waals surface area contributed by atoms with Gasteiger partial charge in [-0.2, -0.15) is 0 Å². The van der Waals surface area contributed by atoms with Crippen LogP contribution in [-0.4, -0.2) is 39.1 Å². The Morgan fingerprint density at radius 2 is 2.00 bits per heavy atom. The normalized spacial score (nSPS) is 27.1. The van der Waals surface area contributed by atoms with E-state index >= 15 is 0 Å². The summed E-state index contributed by atoms with van der Waals surface area (Å²) in [5, 5.41) is 38.6. The van der Waals surface area contributed by atoms with Gasteiger partial charge in [0.1, 0.15) is 0 Å². The van der Waals surface area contributed by atoms with Crippen molar-refractivity contribution in [2.45, 2.75) is 25.6 Å². The van der Waals surface area contributed by atoms with Crippen molar-refractivity contribution >= 4 is 5.97 Å². The van der Waals surface area contributed by atoms with Crippen molar-refractivity contribution in [2.75, 3.05) is 6.61 Å². The predicted octanol–water partition coefficient (Wildman–Crippen LogP) is 0.227. The van der Waals surface area contributed by atoms with E-state index in [1.807, 2.05) is 0 Å². The number of benzene rings is 1. The Bertz CT molecular complexity index is 498. The van der Waals surface area contributed by atoms with Crippen LogP contribution >= 0.6 is 0 Å². The first-order valence-electron chi connectivity index (χ1n) is 5.96. The van der Waals surface area contributed by atoms with Crippen molar-refractivity contribution in [3.05, 3.63) is 23.3 Å². The zero-order chi connectivity index (χ0) is 14.2.